The van der Waals surface area contributed by atoms with E-state index in [9.17, 15) is 4.79 Å². The Morgan fingerprint density at radius 3 is 3.00 bits per heavy atom. The number of ether oxygens (including phenoxy) is 1. The largest absolute Gasteiger partial charge is 0.395 e. The fourth-order valence-corrected chi connectivity index (χ4v) is 1.61. The van der Waals surface area contributed by atoms with Crippen LogP contribution in [0.5, 0.6) is 0 Å². The van der Waals surface area contributed by atoms with Gasteiger partial charge in [-0.2, -0.15) is 0 Å². The lowest BCUT2D eigenvalue weighted by molar-refractivity contribution is -0.122. The van der Waals surface area contributed by atoms with Crippen molar-refractivity contribution < 1.29 is 14.6 Å². The lowest BCUT2D eigenvalue weighted by Gasteiger charge is -2.22. The second-order valence-corrected chi connectivity index (χ2v) is 3.60. The molecule has 0 aromatic heterocycles. The van der Waals surface area contributed by atoms with Gasteiger partial charge >= 0.3 is 0 Å². The molecule has 0 spiro atoms. The highest BCUT2D eigenvalue weighted by Gasteiger charge is 2.14. The number of carbonyl (C=O) groups excluding carboxylic acids is 1. The van der Waals surface area contributed by atoms with Gasteiger partial charge in [0.15, 0.2) is 0 Å². The molecule has 0 aromatic carbocycles. The second kappa shape index (κ2) is 6.79. The smallest absolute Gasteiger partial charge is 0.220 e. The molecule has 0 saturated carbocycles. The quantitative estimate of drug-likeness (QED) is 0.678. The van der Waals surface area contributed by atoms with Crippen molar-refractivity contribution in [2.75, 3.05) is 19.8 Å². The molecule has 1 aliphatic rings. The van der Waals surface area contributed by atoms with Crippen molar-refractivity contribution in [3.8, 4) is 0 Å². The third kappa shape index (κ3) is 4.58. The molecule has 2 N–H and O–H groups in total. The summed E-state index contributed by atoms with van der Waals surface area (Å²) in [6, 6.07) is 0. The Labute approximate surface area is 84.6 Å². The highest BCUT2D eigenvalue weighted by molar-refractivity contribution is 5.75. The van der Waals surface area contributed by atoms with E-state index in [0.29, 0.717) is 13.0 Å². The van der Waals surface area contributed by atoms with E-state index in [1.54, 1.807) is 0 Å². The molecule has 0 aromatic rings. The number of nitrogens with one attached hydrogen (secondary N) is 1. The molecule has 0 radical (unpaired) electrons. The third-order valence-electron chi connectivity index (χ3n) is 2.40. The van der Waals surface area contributed by atoms with E-state index in [-0.39, 0.29) is 18.6 Å². The van der Waals surface area contributed by atoms with Crippen LogP contribution in [0.25, 0.3) is 0 Å². The van der Waals surface area contributed by atoms with Crippen LogP contribution >= 0.6 is 0 Å². The molecule has 1 aliphatic heterocycles. The molecular weight excluding hydrogens is 182 g/mol. The Hall–Kier alpha value is -0.610. The Balaban J connectivity index is 2.03. The number of carbonyl (C=O) groups is 1. The minimum absolute atomic E-state index is 0.00562. The van der Waals surface area contributed by atoms with Crippen molar-refractivity contribution in [2.24, 2.45) is 0 Å². The van der Waals surface area contributed by atoms with E-state index in [4.69, 9.17) is 9.84 Å². The first-order valence-electron chi connectivity index (χ1n) is 5.32. The van der Waals surface area contributed by atoms with Gasteiger partial charge in [-0.3, -0.25) is 4.79 Å². The molecule has 1 rings (SSSR count). The predicted molar refractivity (Wildman–Crippen MR) is 52.9 cm³/mol. The van der Waals surface area contributed by atoms with Gasteiger partial charge < -0.3 is 15.2 Å². The highest BCUT2D eigenvalue weighted by atomic mass is 16.5. The zero-order valence-electron chi connectivity index (χ0n) is 8.50. The molecule has 4 heteroatoms. The summed E-state index contributed by atoms with van der Waals surface area (Å²) in [5.74, 6) is 0.00761. The number of aliphatic hydroxyl groups excluding tert-OH is 1. The van der Waals surface area contributed by atoms with Crippen LogP contribution in [0.2, 0.25) is 0 Å². The second-order valence-electron chi connectivity index (χ2n) is 3.60. The molecule has 82 valence electrons. The number of aliphatic hydroxyl groups is 1. The summed E-state index contributed by atoms with van der Waals surface area (Å²) in [5.41, 5.74) is 0. The van der Waals surface area contributed by atoms with Crippen LogP contribution in [0, 0.1) is 0 Å². The normalized spacial score (nSPS) is 21.9. The van der Waals surface area contributed by atoms with Crippen LogP contribution in [-0.4, -0.2) is 36.9 Å². The summed E-state index contributed by atoms with van der Waals surface area (Å²) in [5, 5.41) is 11.1. The van der Waals surface area contributed by atoms with Gasteiger partial charge in [-0.05, 0) is 25.7 Å². The van der Waals surface area contributed by atoms with Gasteiger partial charge in [0, 0.05) is 19.6 Å². The van der Waals surface area contributed by atoms with Crippen LogP contribution in [-0.2, 0) is 9.53 Å². The lowest BCUT2D eigenvalue weighted by Crippen LogP contribution is -2.28. The van der Waals surface area contributed by atoms with Gasteiger partial charge in [0.2, 0.25) is 5.91 Å². The zero-order valence-corrected chi connectivity index (χ0v) is 8.50. The first-order chi connectivity index (χ1) is 6.83. The molecule has 1 fully saturated rings. The van der Waals surface area contributed by atoms with E-state index in [2.05, 4.69) is 5.32 Å². The van der Waals surface area contributed by atoms with E-state index in [0.717, 1.165) is 25.9 Å². The molecule has 0 bridgehead atoms. The van der Waals surface area contributed by atoms with Crippen molar-refractivity contribution in [3.63, 3.8) is 0 Å². The summed E-state index contributed by atoms with van der Waals surface area (Å²) < 4.78 is 5.50. The summed E-state index contributed by atoms with van der Waals surface area (Å²) >= 11 is 0. The Morgan fingerprint density at radius 1 is 1.50 bits per heavy atom. The summed E-state index contributed by atoms with van der Waals surface area (Å²) in [4.78, 5) is 11.2. The fourth-order valence-electron chi connectivity index (χ4n) is 1.61. The van der Waals surface area contributed by atoms with Gasteiger partial charge in [-0.25, -0.2) is 0 Å². The van der Waals surface area contributed by atoms with Gasteiger partial charge in [0.25, 0.3) is 0 Å². The maximum absolute atomic E-state index is 11.2. The summed E-state index contributed by atoms with van der Waals surface area (Å²) in [7, 11) is 0. The first kappa shape index (κ1) is 11.5. The Bertz CT molecular complexity index is 167. The van der Waals surface area contributed by atoms with E-state index >= 15 is 0 Å². The fraction of sp³-hybridized carbons (Fsp3) is 0.900. The van der Waals surface area contributed by atoms with Crippen LogP contribution in [0.4, 0.5) is 0 Å². The zero-order chi connectivity index (χ0) is 10.2. The maximum atomic E-state index is 11.2. The number of hydrogen-bond acceptors (Lipinski definition) is 3. The SMILES string of the molecule is O=C(CCC1CCCCO1)NCCO. The standard InChI is InChI=1S/C10H19NO3/c12-7-6-11-10(13)5-4-9-3-1-2-8-14-9/h9,12H,1-8H2,(H,11,13). The monoisotopic (exact) mass is 201 g/mol. The van der Waals surface area contributed by atoms with Crippen LogP contribution in [0.1, 0.15) is 32.1 Å². The van der Waals surface area contributed by atoms with Crippen LogP contribution in [0.3, 0.4) is 0 Å². The molecule has 14 heavy (non-hydrogen) atoms. The molecule has 1 atom stereocenters. The molecule has 4 nitrogen and oxygen atoms in total. The average Bonchev–Trinajstić information content (AvgIpc) is 2.25. The maximum Gasteiger partial charge on any atom is 0.220 e. The molecular formula is C10H19NO3. The van der Waals surface area contributed by atoms with E-state index in [1.807, 2.05) is 0 Å². The van der Waals surface area contributed by atoms with Gasteiger partial charge in [0.05, 0.1) is 12.7 Å². The first-order valence-corrected chi connectivity index (χ1v) is 5.32. The molecule has 1 heterocycles. The van der Waals surface area contributed by atoms with Gasteiger partial charge in [0.1, 0.15) is 0 Å². The van der Waals surface area contributed by atoms with Crippen LogP contribution < -0.4 is 5.32 Å². The van der Waals surface area contributed by atoms with Crippen molar-refractivity contribution in [1.29, 1.82) is 0 Å². The predicted octanol–water partition coefficient (Wildman–Crippen LogP) is 0.444. The van der Waals surface area contributed by atoms with Gasteiger partial charge in [-0.1, -0.05) is 0 Å². The van der Waals surface area contributed by atoms with Crippen molar-refractivity contribution in [3.05, 3.63) is 0 Å². The summed E-state index contributed by atoms with van der Waals surface area (Å²) in [6.45, 7) is 1.19. The Kier molecular flexibility index (Phi) is 5.56. The topological polar surface area (TPSA) is 58.6 Å². The highest BCUT2D eigenvalue weighted by Crippen LogP contribution is 2.16. The summed E-state index contributed by atoms with van der Waals surface area (Å²) in [6.07, 6.45) is 5.01. The molecule has 0 aliphatic carbocycles. The minimum atomic E-state index is 0.00562. The van der Waals surface area contributed by atoms with Crippen LogP contribution in [0.15, 0.2) is 0 Å². The van der Waals surface area contributed by atoms with Crippen molar-refractivity contribution >= 4 is 5.91 Å². The number of rotatable bonds is 5. The Morgan fingerprint density at radius 2 is 2.36 bits per heavy atom. The molecule has 1 amide bonds. The lowest BCUT2D eigenvalue weighted by atomic mass is 10.0. The number of hydrogen-bond donors (Lipinski definition) is 2. The minimum Gasteiger partial charge on any atom is -0.395 e. The van der Waals surface area contributed by atoms with E-state index in [1.165, 1.54) is 6.42 Å². The third-order valence-corrected chi connectivity index (χ3v) is 2.40. The molecule has 1 saturated heterocycles. The van der Waals surface area contributed by atoms with Gasteiger partial charge in [-0.15, -0.1) is 0 Å². The van der Waals surface area contributed by atoms with E-state index < -0.39 is 0 Å². The van der Waals surface area contributed by atoms with Crippen molar-refractivity contribution in [2.45, 2.75) is 38.2 Å². The van der Waals surface area contributed by atoms with Crippen molar-refractivity contribution in [1.82, 2.24) is 5.32 Å². The number of amides is 1. The average molecular weight is 201 g/mol. The molecule has 1 unspecified atom stereocenters.